The lowest BCUT2D eigenvalue weighted by atomic mass is 10.2. The van der Waals surface area contributed by atoms with Crippen LogP contribution in [0.4, 0.5) is 10.1 Å². The predicted octanol–water partition coefficient (Wildman–Crippen LogP) is 3.14. The van der Waals surface area contributed by atoms with Gasteiger partial charge in [0.15, 0.2) is 5.96 Å². The number of benzene rings is 2. The van der Waals surface area contributed by atoms with Crippen LogP contribution in [0.25, 0.3) is 0 Å². The Hall–Kier alpha value is -2.16. The van der Waals surface area contributed by atoms with E-state index in [1.807, 2.05) is 37.3 Å². The second-order valence-electron chi connectivity index (χ2n) is 5.09. The van der Waals surface area contributed by atoms with E-state index in [0.717, 1.165) is 5.56 Å². The number of guanidine groups is 1. The van der Waals surface area contributed by atoms with E-state index in [1.165, 1.54) is 24.3 Å². The molecule has 0 heterocycles. The molecule has 3 N–H and O–H groups in total. The molecular formula is C18H22FIN4O. The molecule has 0 aliphatic carbocycles. The molecule has 0 aromatic heterocycles. The lowest BCUT2D eigenvalue weighted by Crippen LogP contribution is -2.41. The Labute approximate surface area is 164 Å². The Bertz CT molecular complexity index is 677. The van der Waals surface area contributed by atoms with Crippen molar-refractivity contribution in [3.8, 4) is 0 Å². The van der Waals surface area contributed by atoms with Crippen LogP contribution in [0.3, 0.4) is 0 Å². The van der Waals surface area contributed by atoms with Gasteiger partial charge in [-0.05, 0) is 36.8 Å². The van der Waals surface area contributed by atoms with Crippen LogP contribution in [0.1, 0.15) is 12.5 Å². The van der Waals surface area contributed by atoms with Gasteiger partial charge in [0.05, 0.1) is 13.1 Å². The molecule has 7 heteroatoms. The van der Waals surface area contributed by atoms with E-state index in [-0.39, 0.29) is 42.2 Å². The Morgan fingerprint density at radius 1 is 1.04 bits per heavy atom. The van der Waals surface area contributed by atoms with Gasteiger partial charge in [-0.15, -0.1) is 24.0 Å². The van der Waals surface area contributed by atoms with Crippen molar-refractivity contribution in [1.29, 1.82) is 0 Å². The summed E-state index contributed by atoms with van der Waals surface area (Å²) in [5.74, 6) is -0.00358. The summed E-state index contributed by atoms with van der Waals surface area (Å²) in [7, 11) is 0. The van der Waals surface area contributed by atoms with E-state index < -0.39 is 0 Å². The van der Waals surface area contributed by atoms with Crippen molar-refractivity contribution in [2.75, 3.05) is 18.4 Å². The van der Waals surface area contributed by atoms with Crippen LogP contribution in [0.5, 0.6) is 0 Å². The van der Waals surface area contributed by atoms with E-state index in [2.05, 4.69) is 20.9 Å². The maximum Gasteiger partial charge on any atom is 0.243 e. The van der Waals surface area contributed by atoms with E-state index in [1.54, 1.807) is 0 Å². The fourth-order valence-corrected chi connectivity index (χ4v) is 2.00. The predicted molar refractivity (Wildman–Crippen MR) is 110 cm³/mol. The summed E-state index contributed by atoms with van der Waals surface area (Å²) in [6.45, 7) is 3.24. The Kier molecular flexibility index (Phi) is 9.53. The molecule has 0 radical (unpaired) electrons. The van der Waals surface area contributed by atoms with E-state index in [0.29, 0.717) is 24.7 Å². The van der Waals surface area contributed by atoms with E-state index in [9.17, 15) is 9.18 Å². The fourth-order valence-electron chi connectivity index (χ4n) is 2.00. The van der Waals surface area contributed by atoms with Crippen LogP contribution in [0, 0.1) is 5.82 Å². The first-order valence-corrected chi connectivity index (χ1v) is 7.79. The molecule has 2 aromatic carbocycles. The third kappa shape index (κ3) is 7.97. The number of carbonyl (C=O) groups excluding carboxylic acids is 1. The van der Waals surface area contributed by atoms with Crippen molar-refractivity contribution in [3.63, 3.8) is 0 Å². The number of nitrogens with one attached hydrogen (secondary N) is 3. The molecule has 0 saturated heterocycles. The molecule has 1 amide bonds. The Morgan fingerprint density at radius 3 is 2.36 bits per heavy atom. The number of halogens is 2. The minimum Gasteiger partial charge on any atom is -0.357 e. The molecule has 0 unspecified atom stereocenters. The van der Waals surface area contributed by atoms with Gasteiger partial charge in [-0.1, -0.05) is 30.3 Å². The number of rotatable bonds is 6. The van der Waals surface area contributed by atoms with Gasteiger partial charge in [0, 0.05) is 12.2 Å². The van der Waals surface area contributed by atoms with Gasteiger partial charge >= 0.3 is 0 Å². The number of anilines is 1. The van der Waals surface area contributed by atoms with Crippen LogP contribution >= 0.6 is 24.0 Å². The standard InChI is InChI=1S/C18H21FN4O.HI/c1-2-20-18(21-12-14-6-4-3-5-7-14)22-13-17(24)23-16-10-8-15(19)9-11-16;/h3-11H,2,12-13H2,1H3,(H,23,24)(H2,20,21,22);1H. The lowest BCUT2D eigenvalue weighted by Gasteiger charge is -2.11. The molecular weight excluding hydrogens is 434 g/mol. The van der Waals surface area contributed by atoms with Gasteiger partial charge in [-0.3, -0.25) is 4.79 Å². The SMILES string of the molecule is CCNC(=NCc1ccccc1)NCC(=O)Nc1ccc(F)cc1.I. The summed E-state index contributed by atoms with van der Waals surface area (Å²) < 4.78 is 12.8. The zero-order valence-electron chi connectivity index (χ0n) is 14.0. The third-order valence-corrected chi connectivity index (χ3v) is 3.15. The van der Waals surface area contributed by atoms with Crippen molar-refractivity contribution < 1.29 is 9.18 Å². The normalized spacial score (nSPS) is 10.6. The van der Waals surface area contributed by atoms with Gasteiger partial charge in [-0.2, -0.15) is 0 Å². The molecule has 0 aliphatic heterocycles. The second-order valence-corrected chi connectivity index (χ2v) is 5.09. The molecule has 0 saturated carbocycles. The molecule has 25 heavy (non-hydrogen) atoms. The minimum absolute atomic E-state index is 0. The highest BCUT2D eigenvalue weighted by atomic mass is 127. The van der Waals surface area contributed by atoms with Gasteiger partial charge < -0.3 is 16.0 Å². The molecule has 134 valence electrons. The number of amides is 1. The van der Waals surface area contributed by atoms with Gasteiger partial charge in [0.25, 0.3) is 0 Å². The summed E-state index contributed by atoms with van der Waals surface area (Å²) in [5, 5.41) is 8.75. The molecule has 2 rings (SSSR count). The van der Waals surface area contributed by atoms with Crippen LogP contribution < -0.4 is 16.0 Å². The van der Waals surface area contributed by atoms with Crippen molar-refractivity contribution >= 4 is 41.5 Å². The largest absolute Gasteiger partial charge is 0.357 e. The molecule has 0 spiro atoms. The van der Waals surface area contributed by atoms with E-state index >= 15 is 0 Å². The average Bonchev–Trinajstić information content (AvgIpc) is 2.60. The first-order chi connectivity index (χ1) is 11.7. The third-order valence-electron chi connectivity index (χ3n) is 3.15. The van der Waals surface area contributed by atoms with Crippen molar-refractivity contribution in [3.05, 3.63) is 66.0 Å². The maximum atomic E-state index is 12.8. The second kappa shape index (κ2) is 11.4. The Balaban J connectivity index is 0.00000312. The fraction of sp³-hybridized carbons (Fsp3) is 0.222. The summed E-state index contributed by atoms with van der Waals surface area (Å²) in [6, 6.07) is 15.5. The quantitative estimate of drug-likeness (QED) is 0.356. The number of carbonyl (C=O) groups is 1. The van der Waals surface area contributed by atoms with Crippen LogP contribution in [-0.2, 0) is 11.3 Å². The van der Waals surface area contributed by atoms with Crippen LogP contribution in [0.2, 0.25) is 0 Å². The number of nitrogens with zero attached hydrogens (tertiary/aromatic N) is 1. The monoisotopic (exact) mass is 456 g/mol. The smallest absolute Gasteiger partial charge is 0.243 e. The molecule has 2 aromatic rings. The highest BCUT2D eigenvalue weighted by Gasteiger charge is 2.04. The summed E-state index contributed by atoms with van der Waals surface area (Å²) in [6.07, 6.45) is 0. The molecule has 0 bridgehead atoms. The summed E-state index contributed by atoms with van der Waals surface area (Å²) >= 11 is 0. The first-order valence-electron chi connectivity index (χ1n) is 7.79. The number of aliphatic imine (C=N–C) groups is 1. The molecule has 0 aliphatic rings. The first kappa shape index (κ1) is 20.9. The van der Waals surface area contributed by atoms with Crippen molar-refractivity contribution in [2.45, 2.75) is 13.5 Å². The minimum atomic E-state index is -0.339. The summed E-state index contributed by atoms with van der Waals surface area (Å²) in [5.41, 5.74) is 1.64. The molecule has 0 atom stereocenters. The van der Waals surface area contributed by atoms with Gasteiger partial charge in [0.1, 0.15) is 5.82 Å². The van der Waals surface area contributed by atoms with Crippen LogP contribution in [0.15, 0.2) is 59.6 Å². The zero-order chi connectivity index (χ0) is 17.2. The van der Waals surface area contributed by atoms with Crippen LogP contribution in [-0.4, -0.2) is 25.0 Å². The number of hydrogen-bond acceptors (Lipinski definition) is 2. The maximum absolute atomic E-state index is 12.8. The molecule has 0 fully saturated rings. The molecule has 5 nitrogen and oxygen atoms in total. The highest BCUT2D eigenvalue weighted by molar-refractivity contribution is 14.0. The average molecular weight is 456 g/mol. The Morgan fingerprint density at radius 2 is 1.72 bits per heavy atom. The van der Waals surface area contributed by atoms with Gasteiger partial charge in [0.2, 0.25) is 5.91 Å². The summed E-state index contributed by atoms with van der Waals surface area (Å²) in [4.78, 5) is 16.4. The van der Waals surface area contributed by atoms with Crippen molar-refractivity contribution in [2.24, 2.45) is 4.99 Å². The van der Waals surface area contributed by atoms with Crippen molar-refractivity contribution in [1.82, 2.24) is 10.6 Å². The van der Waals surface area contributed by atoms with E-state index in [4.69, 9.17) is 0 Å². The lowest BCUT2D eigenvalue weighted by molar-refractivity contribution is -0.115. The zero-order valence-corrected chi connectivity index (χ0v) is 16.3. The number of hydrogen-bond donors (Lipinski definition) is 3. The van der Waals surface area contributed by atoms with Gasteiger partial charge in [-0.25, -0.2) is 9.38 Å². The highest BCUT2D eigenvalue weighted by Crippen LogP contribution is 2.07. The topological polar surface area (TPSA) is 65.5 Å².